The van der Waals surface area contributed by atoms with Gasteiger partial charge in [-0.2, -0.15) is 0 Å². The molecule has 1 aliphatic heterocycles. The first kappa shape index (κ1) is 14.2. The second-order valence-corrected chi connectivity index (χ2v) is 5.53. The molecular weight excluding hydrogens is 260 g/mol. The lowest BCUT2D eigenvalue weighted by molar-refractivity contribution is 0.168. The Morgan fingerprint density at radius 1 is 1.14 bits per heavy atom. The van der Waals surface area contributed by atoms with Gasteiger partial charge >= 0.3 is 0 Å². The van der Waals surface area contributed by atoms with Gasteiger partial charge in [0.05, 0.1) is 11.7 Å². The maximum Gasteiger partial charge on any atom is 0.0582 e. The summed E-state index contributed by atoms with van der Waals surface area (Å²) >= 11 is 0. The van der Waals surface area contributed by atoms with E-state index < -0.39 is 0 Å². The van der Waals surface area contributed by atoms with Crippen LogP contribution in [0.2, 0.25) is 0 Å². The highest BCUT2D eigenvalue weighted by molar-refractivity contribution is 5.17. The molecule has 1 fully saturated rings. The standard InChI is InChI=1S/C17H22N4/c1-14-5-4-7-16(20-14)17(21-11-9-18-10-12-21)13-15-6-2-3-8-19-15/h2-8,17-18H,9-13H2,1H3. The number of rotatable bonds is 4. The highest BCUT2D eigenvalue weighted by atomic mass is 15.2. The summed E-state index contributed by atoms with van der Waals surface area (Å²) in [5, 5.41) is 3.42. The van der Waals surface area contributed by atoms with Gasteiger partial charge in [-0.15, -0.1) is 0 Å². The SMILES string of the molecule is Cc1cccc(C(Cc2ccccn2)N2CCNCC2)n1. The van der Waals surface area contributed by atoms with Crippen LogP contribution in [0.25, 0.3) is 0 Å². The van der Waals surface area contributed by atoms with Gasteiger partial charge in [0, 0.05) is 50.2 Å². The number of hydrogen-bond donors (Lipinski definition) is 1. The zero-order valence-electron chi connectivity index (χ0n) is 12.5. The molecule has 2 aromatic heterocycles. The summed E-state index contributed by atoms with van der Waals surface area (Å²) in [5.74, 6) is 0. The highest BCUT2D eigenvalue weighted by Crippen LogP contribution is 2.23. The van der Waals surface area contributed by atoms with Crippen LogP contribution in [0.1, 0.15) is 23.1 Å². The van der Waals surface area contributed by atoms with Gasteiger partial charge in [0.15, 0.2) is 0 Å². The smallest absolute Gasteiger partial charge is 0.0582 e. The van der Waals surface area contributed by atoms with Crippen molar-refractivity contribution in [2.24, 2.45) is 0 Å². The molecular formula is C17H22N4. The maximum absolute atomic E-state index is 4.76. The third-order valence-corrected chi connectivity index (χ3v) is 3.97. The third-order valence-electron chi connectivity index (χ3n) is 3.97. The molecule has 21 heavy (non-hydrogen) atoms. The van der Waals surface area contributed by atoms with Crippen molar-refractivity contribution in [3.63, 3.8) is 0 Å². The van der Waals surface area contributed by atoms with Gasteiger partial charge < -0.3 is 5.32 Å². The lowest BCUT2D eigenvalue weighted by atomic mass is 10.0. The van der Waals surface area contributed by atoms with E-state index in [2.05, 4.69) is 52.5 Å². The molecule has 3 heterocycles. The van der Waals surface area contributed by atoms with Crippen LogP contribution in [0.4, 0.5) is 0 Å². The van der Waals surface area contributed by atoms with E-state index in [0.717, 1.165) is 49.7 Å². The molecule has 1 N–H and O–H groups in total. The summed E-state index contributed by atoms with van der Waals surface area (Å²) < 4.78 is 0. The summed E-state index contributed by atoms with van der Waals surface area (Å²) in [4.78, 5) is 11.8. The molecule has 0 bridgehead atoms. The van der Waals surface area contributed by atoms with Crippen molar-refractivity contribution >= 4 is 0 Å². The van der Waals surface area contributed by atoms with E-state index in [1.165, 1.54) is 0 Å². The van der Waals surface area contributed by atoms with Gasteiger partial charge in [0.1, 0.15) is 0 Å². The van der Waals surface area contributed by atoms with Crippen molar-refractivity contribution < 1.29 is 0 Å². The molecule has 110 valence electrons. The number of aryl methyl sites for hydroxylation is 1. The van der Waals surface area contributed by atoms with Crippen LogP contribution in [0.5, 0.6) is 0 Å². The number of aromatic nitrogens is 2. The fraction of sp³-hybridized carbons (Fsp3) is 0.412. The molecule has 4 nitrogen and oxygen atoms in total. The average molecular weight is 282 g/mol. The Morgan fingerprint density at radius 3 is 2.71 bits per heavy atom. The van der Waals surface area contributed by atoms with E-state index in [0.29, 0.717) is 6.04 Å². The molecule has 1 atom stereocenters. The van der Waals surface area contributed by atoms with E-state index in [9.17, 15) is 0 Å². The molecule has 1 saturated heterocycles. The van der Waals surface area contributed by atoms with Gasteiger partial charge in [-0.1, -0.05) is 12.1 Å². The van der Waals surface area contributed by atoms with E-state index in [4.69, 9.17) is 4.98 Å². The van der Waals surface area contributed by atoms with Crippen molar-refractivity contribution in [1.29, 1.82) is 0 Å². The van der Waals surface area contributed by atoms with Crippen LogP contribution in [-0.2, 0) is 6.42 Å². The monoisotopic (exact) mass is 282 g/mol. The largest absolute Gasteiger partial charge is 0.314 e. The molecule has 0 saturated carbocycles. The average Bonchev–Trinajstić information content (AvgIpc) is 2.54. The van der Waals surface area contributed by atoms with Crippen LogP contribution in [0, 0.1) is 6.92 Å². The molecule has 0 aromatic carbocycles. The number of hydrogen-bond acceptors (Lipinski definition) is 4. The van der Waals surface area contributed by atoms with E-state index in [-0.39, 0.29) is 0 Å². The van der Waals surface area contributed by atoms with Crippen molar-refractivity contribution in [2.75, 3.05) is 26.2 Å². The Balaban J connectivity index is 1.86. The predicted octanol–water partition coefficient (Wildman–Crippen LogP) is 1.97. The Morgan fingerprint density at radius 2 is 2.00 bits per heavy atom. The fourth-order valence-electron chi connectivity index (χ4n) is 2.88. The van der Waals surface area contributed by atoms with Gasteiger partial charge in [-0.05, 0) is 31.2 Å². The minimum absolute atomic E-state index is 0.307. The van der Waals surface area contributed by atoms with E-state index in [1.807, 2.05) is 12.3 Å². The molecule has 0 radical (unpaired) electrons. The molecule has 3 rings (SSSR count). The summed E-state index contributed by atoms with van der Waals surface area (Å²) in [6, 6.07) is 12.7. The van der Waals surface area contributed by atoms with Crippen molar-refractivity contribution in [3.05, 3.63) is 59.7 Å². The topological polar surface area (TPSA) is 41.1 Å². The normalized spacial score (nSPS) is 17.6. The molecule has 0 amide bonds. The number of nitrogens with one attached hydrogen (secondary N) is 1. The summed E-state index contributed by atoms with van der Waals surface area (Å²) in [6.45, 7) is 6.27. The lowest BCUT2D eigenvalue weighted by Crippen LogP contribution is -2.45. The molecule has 2 aromatic rings. The van der Waals surface area contributed by atoms with E-state index >= 15 is 0 Å². The first-order valence-corrected chi connectivity index (χ1v) is 7.61. The summed E-state index contributed by atoms with van der Waals surface area (Å²) in [5.41, 5.74) is 3.36. The zero-order valence-corrected chi connectivity index (χ0v) is 12.5. The number of nitrogens with zero attached hydrogens (tertiary/aromatic N) is 3. The third kappa shape index (κ3) is 3.65. The van der Waals surface area contributed by atoms with Crippen molar-refractivity contribution in [3.8, 4) is 0 Å². The van der Waals surface area contributed by atoms with Crippen LogP contribution >= 0.6 is 0 Å². The first-order valence-electron chi connectivity index (χ1n) is 7.61. The van der Waals surface area contributed by atoms with Crippen LogP contribution < -0.4 is 5.32 Å². The predicted molar refractivity (Wildman–Crippen MR) is 84.1 cm³/mol. The minimum atomic E-state index is 0.307. The second kappa shape index (κ2) is 6.78. The highest BCUT2D eigenvalue weighted by Gasteiger charge is 2.24. The fourth-order valence-corrected chi connectivity index (χ4v) is 2.88. The van der Waals surface area contributed by atoms with Crippen LogP contribution in [-0.4, -0.2) is 41.0 Å². The van der Waals surface area contributed by atoms with Crippen LogP contribution in [0.15, 0.2) is 42.6 Å². The Bertz CT molecular complexity index is 564. The number of pyridine rings is 2. The molecule has 0 aliphatic carbocycles. The van der Waals surface area contributed by atoms with Gasteiger partial charge in [-0.3, -0.25) is 14.9 Å². The lowest BCUT2D eigenvalue weighted by Gasteiger charge is -2.34. The maximum atomic E-state index is 4.76. The Hall–Kier alpha value is -1.78. The molecule has 4 heteroatoms. The van der Waals surface area contributed by atoms with Gasteiger partial charge in [0.25, 0.3) is 0 Å². The minimum Gasteiger partial charge on any atom is -0.314 e. The van der Waals surface area contributed by atoms with E-state index in [1.54, 1.807) is 0 Å². The quantitative estimate of drug-likeness (QED) is 0.931. The molecule has 0 spiro atoms. The Labute approximate surface area is 126 Å². The van der Waals surface area contributed by atoms with Crippen molar-refractivity contribution in [1.82, 2.24) is 20.2 Å². The molecule has 1 unspecified atom stereocenters. The van der Waals surface area contributed by atoms with Crippen LogP contribution in [0.3, 0.4) is 0 Å². The Kier molecular flexibility index (Phi) is 4.58. The second-order valence-electron chi connectivity index (χ2n) is 5.53. The summed E-state index contributed by atoms with van der Waals surface area (Å²) in [7, 11) is 0. The van der Waals surface area contributed by atoms with Gasteiger partial charge in [0.2, 0.25) is 0 Å². The molecule has 1 aliphatic rings. The van der Waals surface area contributed by atoms with Crippen molar-refractivity contribution in [2.45, 2.75) is 19.4 Å². The first-order chi connectivity index (χ1) is 10.3. The number of piperazine rings is 1. The van der Waals surface area contributed by atoms with Gasteiger partial charge in [-0.25, -0.2) is 0 Å². The summed E-state index contributed by atoms with van der Waals surface area (Å²) in [6.07, 6.45) is 2.78. The zero-order chi connectivity index (χ0) is 14.5.